The SMILES string of the molecule is CN(C(=O)c1ccc(NC2=C(Cl)C(=O)N(c3ccccc3)C2=O)cc1)C1CCCCC1. The van der Waals surface area contributed by atoms with Crippen molar-refractivity contribution in [1.82, 2.24) is 4.90 Å². The van der Waals surface area contributed by atoms with Gasteiger partial charge in [-0.25, -0.2) is 4.90 Å². The smallest absolute Gasteiger partial charge is 0.283 e. The summed E-state index contributed by atoms with van der Waals surface area (Å²) in [7, 11) is 1.86. The average molecular weight is 438 g/mol. The molecule has 1 N–H and O–H groups in total. The van der Waals surface area contributed by atoms with Crippen LogP contribution in [0.15, 0.2) is 65.3 Å². The third kappa shape index (κ3) is 4.21. The second-order valence-corrected chi connectivity index (χ2v) is 8.26. The quantitative estimate of drug-likeness (QED) is 0.698. The van der Waals surface area contributed by atoms with Gasteiger partial charge in [0, 0.05) is 24.3 Å². The van der Waals surface area contributed by atoms with Crippen LogP contribution in [0.25, 0.3) is 0 Å². The van der Waals surface area contributed by atoms with Crippen LogP contribution < -0.4 is 10.2 Å². The minimum atomic E-state index is -0.568. The molecule has 4 rings (SSSR count). The summed E-state index contributed by atoms with van der Waals surface area (Å²) in [5.74, 6) is -1.10. The molecule has 0 spiro atoms. The fourth-order valence-electron chi connectivity index (χ4n) is 4.10. The molecule has 1 fully saturated rings. The average Bonchev–Trinajstić information content (AvgIpc) is 3.02. The van der Waals surface area contributed by atoms with Crippen LogP contribution in [0.5, 0.6) is 0 Å². The van der Waals surface area contributed by atoms with E-state index in [9.17, 15) is 14.4 Å². The molecule has 7 heteroatoms. The van der Waals surface area contributed by atoms with Gasteiger partial charge in [-0.3, -0.25) is 14.4 Å². The van der Waals surface area contributed by atoms with Gasteiger partial charge in [0.15, 0.2) is 0 Å². The molecule has 1 aliphatic carbocycles. The Balaban J connectivity index is 1.47. The van der Waals surface area contributed by atoms with E-state index in [0.29, 0.717) is 16.9 Å². The molecule has 2 aromatic carbocycles. The maximum atomic E-state index is 12.8. The monoisotopic (exact) mass is 437 g/mol. The Hall–Kier alpha value is -3.12. The minimum Gasteiger partial charge on any atom is -0.350 e. The summed E-state index contributed by atoms with van der Waals surface area (Å²) in [6, 6.07) is 15.8. The highest BCUT2D eigenvalue weighted by atomic mass is 35.5. The lowest BCUT2D eigenvalue weighted by Crippen LogP contribution is -2.38. The fourth-order valence-corrected chi connectivity index (χ4v) is 4.31. The number of amides is 3. The van der Waals surface area contributed by atoms with Crippen molar-refractivity contribution >= 4 is 40.7 Å². The summed E-state index contributed by atoms with van der Waals surface area (Å²) >= 11 is 6.17. The van der Waals surface area contributed by atoms with E-state index in [-0.39, 0.29) is 22.7 Å². The van der Waals surface area contributed by atoms with Crippen molar-refractivity contribution in [2.45, 2.75) is 38.1 Å². The molecule has 2 aliphatic rings. The van der Waals surface area contributed by atoms with Gasteiger partial charge in [-0.05, 0) is 49.2 Å². The van der Waals surface area contributed by atoms with E-state index in [1.807, 2.05) is 11.9 Å². The van der Waals surface area contributed by atoms with Crippen LogP contribution in [0.3, 0.4) is 0 Å². The third-order valence-electron chi connectivity index (χ3n) is 5.89. The molecule has 2 aromatic rings. The molecule has 1 aliphatic heterocycles. The van der Waals surface area contributed by atoms with Gasteiger partial charge in [0.05, 0.1) is 5.69 Å². The Kier molecular flexibility index (Phi) is 6.09. The molecule has 0 aromatic heterocycles. The molecule has 31 heavy (non-hydrogen) atoms. The minimum absolute atomic E-state index is 0.0157. The predicted molar refractivity (Wildman–Crippen MR) is 121 cm³/mol. The molecular weight excluding hydrogens is 414 g/mol. The largest absolute Gasteiger partial charge is 0.350 e. The van der Waals surface area contributed by atoms with Crippen molar-refractivity contribution < 1.29 is 14.4 Å². The van der Waals surface area contributed by atoms with Crippen LogP contribution in [0.1, 0.15) is 42.5 Å². The topological polar surface area (TPSA) is 69.7 Å². The molecule has 3 amide bonds. The lowest BCUT2D eigenvalue weighted by molar-refractivity contribution is -0.120. The number of para-hydroxylation sites is 1. The summed E-state index contributed by atoms with van der Waals surface area (Å²) in [6.45, 7) is 0. The number of hydrogen-bond donors (Lipinski definition) is 1. The van der Waals surface area contributed by atoms with Gasteiger partial charge in [-0.2, -0.15) is 0 Å². The highest BCUT2D eigenvalue weighted by molar-refractivity contribution is 6.53. The van der Waals surface area contributed by atoms with Crippen LogP contribution in [0.4, 0.5) is 11.4 Å². The molecule has 1 heterocycles. The lowest BCUT2D eigenvalue weighted by atomic mass is 9.94. The van der Waals surface area contributed by atoms with Crippen molar-refractivity contribution in [1.29, 1.82) is 0 Å². The first-order valence-corrected chi connectivity index (χ1v) is 10.8. The molecule has 0 bridgehead atoms. The number of carbonyl (C=O) groups is 3. The Labute approximate surface area is 186 Å². The molecular formula is C24H24ClN3O3. The van der Waals surface area contributed by atoms with Crippen molar-refractivity contribution in [3.05, 3.63) is 70.9 Å². The summed E-state index contributed by atoms with van der Waals surface area (Å²) in [6.07, 6.45) is 5.65. The summed E-state index contributed by atoms with van der Waals surface area (Å²) in [5, 5.41) is 2.78. The van der Waals surface area contributed by atoms with Gasteiger partial charge in [0.1, 0.15) is 10.7 Å². The van der Waals surface area contributed by atoms with Crippen LogP contribution in [0.2, 0.25) is 0 Å². The molecule has 0 atom stereocenters. The molecule has 160 valence electrons. The Bertz CT molecular complexity index is 1030. The molecule has 0 saturated heterocycles. The van der Waals surface area contributed by atoms with E-state index in [2.05, 4.69) is 5.32 Å². The van der Waals surface area contributed by atoms with Gasteiger partial charge in [0.25, 0.3) is 17.7 Å². The van der Waals surface area contributed by atoms with E-state index in [1.54, 1.807) is 54.6 Å². The number of nitrogens with one attached hydrogen (secondary N) is 1. The molecule has 0 radical (unpaired) electrons. The maximum absolute atomic E-state index is 12.8. The molecule has 6 nitrogen and oxygen atoms in total. The summed E-state index contributed by atoms with van der Waals surface area (Å²) < 4.78 is 0. The Morgan fingerprint density at radius 1 is 0.968 bits per heavy atom. The Morgan fingerprint density at radius 3 is 2.26 bits per heavy atom. The van der Waals surface area contributed by atoms with Crippen LogP contribution in [-0.2, 0) is 9.59 Å². The third-order valence-corrected chi connectivity index (χ3v) is 6.24. The molecule has 1 saturated carbocycles. The number of benzene rings is 2. The van der Waals surface area contributed by atoms with E-state index in [1.165, 1.54) is 6.42 Å². The zero-order chi connectivity index (χ0) is 22.0. The van der Waals surface area contributed by atoms with Crippen molar-refractivity contribution in [3.8, 4) is 0 Å². The van der Waals surface area contributed by atoms with E-state index in [0.717, 1.165) is 30.6 Å². The second kappa shape index (κ2) is 8.94. The number of rotatable bonds is 5. The standard InChI is InChI=1S/C24H24ClN3O3/c1-27(18-8-4-2-5-9-18)22(29)16-12-14-17(15-13-16)26-21-20(25)23(30)28(24(21)31)19-10-6-3-7-11-19/h3,6-7,10-15,18,26H,2,4-5,8-9H2,1H3. The number of carbonyl (C=O) groups excluding carboxylic acids is 3. The maximum Gasteiger partial charge on any atom is 0.283 e. The number of hydrogen-bond acceptors (Lipinski definition) is 4. The van der Waals surface area contributed by atoms with Crippen LogP contribution >= 0.6 is 11.6 Å². The van der Waals surface area contributed by atoms with Crippen molar-refractivity contribution in [3.63, 3.8) is 0 Å². The van der Waals surface area contributed by atoms with Gasteiger partial charge in [0.2, 0.25) is 0 Å². The first-order chi connectivity index (χ1) is 15.0. The van der Waals surface area contributed by atoms with E-state index >= 15 is 0 Å². The fraction of sp³-hybridized carbons (Fsp3) is 0.292. The first-order valence-electron chi connectivity index (χ1n) is 10.4. The van der Waals surface area contributed by atoms with Crippen LogP contribution in [0, 0.1) is 0 Å². The normalized spacial score (nSPS) is 17.3. The lowest BCUT2D eigenvalue weighted by Gasteiger charge is -2.31. The zero-order valence-electron chi connectivity index (χ0n) is 17.3. The van der Waals surface area contributed by atoms with Gasteiger partial charge in [-0.15, -0.1) is 0 Å². The zero-order valence-corrected chi connectivity index (χ0v) is 18.1. The highest BCUT2D eigenvalue weighted by Crippen LogP contribution is 2.30. The van der Waals surface area contributed by atoms with Crippen molar-refractivity contribution in [2.75, 3.05) is 17.3 Å². The number of halogens is 1. The van der Waals surface area contributed by atoms with Gasteiger partial charge < -0.3 is 10.2 Å². The predicted octanol–water partition coefficient (Wildman–Crippen LogP) is 4.53. The summed E-state index contributed by atoms with van der Waals surface area (Å²) in [5.41, 5.74) is 1.63. The molecule has 0 unspecified atom stereocenters. The number of anilines is 2. The highest BCUT2D eigenvalue weighted by Gasteiger charge is 2.38. The second-order valence-electron chi connectivity index (χ2n) is 7.88. The van der Waals surface area contributed by atoms with Gasteiger partial charge >= 0.3 is 0 Å². The number of nitrogens with zero attached hydrogens (tertiary/aromatic N) is 2. The van der Waals surface area contributed by atoms with E-state index < -0.39 is 11.8 Å². The van der Waals surface area contributed by atoms with E-state index in [4.69, 9.17) is 11.6 Å². The number of imide groups is 1. The first kappa shape index (κ1) is 21.1. The van der Waals surface area contributed by atoms with Gasteiger partial charge in [-0.1, -0.05) is 49.1 Å². The summed E-state index contributed by atoms with van der Waals surface area (Å²) in [4.78, 5) is 41.0. The van der Waals surface area contributed by atoms with Crippen LogP contribution in [-0.4, -0.2) is 35.7 Å². The Morgan fingerprint density at radius 2 is 1.61 bits per heavy atom. The van der Waals surface area contributed by atoms with Crippen molar-refractivity contribution in [2.24, 2.45) is 0 Å².